The predicted molar refractivity (Wildman–Crippen MR) is 42.2 cm³/mol. The van der Waals surface area contributed by atoms with Crippen molar-refractivity contribution in [1.82, 2.24) is 4.90 Å². The van der Waals surface area contributed by atoms with E-state index in [9.17, 15) is 4.79 Å². The molecule has 0 aliphatic carbocycles. The highest BCUT2D eigenvalue weighted by atomic mass is 16.5. The largest absolute Gasteiger partial charge is 0.462 e. The topological polar surface area (TPSA) is 29.5 Å². The SMILES string of the molecule is CC1CC(CN(C)C)C(=O)O1. The third-order valence-electron chi connectivity index (χ3n) is 1.85. The van der Waals surface area contributed by atoms with Crippen LogP contribution in [0.1, 0.15) is 13.3 Å². The second-order valence-electron chi connectivity index (χ2n) is 3.44. The number of carbonyl (C=O) groups excluding carboxylic acids is 1. The van der Waals surface area contributed by atoms with E-state index in [-0.39, 0.29) is 18.0 Å². The molecular formula is C8H15NO2. The predicted octanol–water partition coefficient (Wildman–Crippen LogP) is 0.500. The van der Waals surface area contributed by atoms with Gasteiger partial charge in [-0.05, 0) is 27.4 Å². The highest BCUT2D eigenvalue weighted by molar-refractivity contribution is 5.74. The highest BCUT2D eigenvalue weighted by Crippen LogP contribution is 2.20. The Hall–Kier alpha value is -0.570. The molecule has 1 saturated heterocycles. The summed E-state index contributed by atoms with van der Waals surface area (Å²) in [7, 11) is 3.94. The van der Waals surface area contributed by atoms with Gasteiger partial charge in [0.15, 0.2) is 0 Å². The van der Waals surface area contributed by atoms with Crippen LogP contribution in [0.3, 0.4) is 0 Å². The van der Waals surface area contributed by atoms with Crippen LogP contribution in [0.25, 0.3) is 0 Å². The summed E-state index contributed by atoms with van der Waals surface area (Å²) >= 11 is 0. The van der Waals surface area contributed by atoms with Crippen LogP contribution in [0.15, 0.2) is 0 Å². The summed E-state index contributed by atoms with van der Waals surface area (Å²) in [6.45, 7) is 2.75. The first-order chi connectivity index (χ1) is 5.09. The minimum Gasteiger partial charge on any atom is -0.462 e. The first-order valence-electron chi connectivity index (χ1n) is 3.95. The number of nitrogens with zero attached hydrogens (tertiary/aromatic N) is 1. The Labute approximate surface area is 67.3 Å². The molecule has 0 spiro atoms. The maximum atomic E-state index is 11.1. The lowest BCUT2D eigenvalue weighted by Crippen LogP contribution is -2.24. The number of cyclic esters (lactones) is 1. The molecular weight excluding hydrogens is 142 g/mol. The van der Waals surface area contributed by atoms with Gasteiger partial charge in [-0.1, -0.05) is 0 Å². The molecule has 11 heavy (non-hydrogen) atoms. The first kappa shape index (κ1) is 8.53. The van der Waals surface area contributed by atoms with E-state index in [0.717, 1.165) is 13.0 Å². The molecule has 2 atom stereocenters. The van der Waals surface area contributed by atoms with Crippen molar-refractivity contribution < 1.29 is 9.53 Å². The monoisotopic (exact) mass is 157 g/mol. The molecule has 0 bridgehead atoms. The minimum absolute atomic E-state index is 0.0359. The molecule has 0 aromatic heterocycles. The van der Waals surface area contributed by atoms with E-state index in [1.807, 2.05) is 25.9 Å². The van der Waals surface area contributed by atoms with Crippen LogP contribution < -0.4 is 0 Å². The molecule has 3 heteroatoms. The third kappa shape index (κ3) is 2.19. The molecule has 0 N–H and O–H groups in total. The standard InChI is InChI=1S/C8H15NO2/c1-6-4-7(5-9(2)3)8(10)11-6/h6-7H,4-5H2,1-3H3. The Morgan fingerprint density at radius 2 is 2.27 bits per heavy atom. The quantitative estimate of drug-likeness (QED) is 0.547. The lowest BCUT2D eigenvalue weighted by atomic mass is 10.1. The minimum atomic E-state index is -0.0359. The molecule has 2 unspecified atom stereocenters. The van der Waals surface area contributed by atoms with Crippen LogP contribution >= 0.6 is 0 Å². The van der Waals surface area contributed by atoms with Crippen LogP contribution in [-0.2, 0) is 9.53 Å². The van der Waals surface area contributed by atoms with Crippen LogP contribution in [0.2, 0.25) is 0 Å². The fourth-order valence-corrected chi connectivity index (χ4v) is 1.43. The number of rotatable bonds is 2. The molecule has 0 saturated carbocycles. The molecule has 3 nitrogen and oxygen atoms in total. The van der Waals surface area contributed by atoms with Crippen LogP contribution in [0, 0.1) is 5.92 Å². The Morgan fingerprint density at radius 1 is 1.64 bits per heavy atom. The van der Waals surface area contributed by atoms with Crippen LogP contribution in [0.5, 0.6) is 0 Å². The number of carbonyl (C=O) groups is 1. The van der Waals surface area contributed by atoms with Crippen molar-refractivity contribution in [2.45, 2.75) is 19.4 Å². The number of hydrogen-bond donors (Lipinski definition) is 0. The van der Waals surface area contributed by atoms with Gasteiger partial charge in [0, 0.05) is 6.54 Å². The zero-order valence-electron chi connectivity index (χ0n) is 7.33. The molecule has 0 radical (unpaired) electrons. The summed E-state index contributed by atoms with van der Waals surface area (Å²) in [6, 6.07) is 0. The molecule has 1 heterocycles. The van der Waals surface area contributed by atoms with Gasteiger partial charge >= 0.3 is 5.97 Å². The van der Waals surface area contributed by atoms with Crippen molar-refractivity contribution in [3.05, 3.63) is 0 Å². The van der Waals surface area contributed by atoms with Crippen LogP contribution in [0.4, 0.5) is 0 Å². The van der Waals surface area contributed by atoms with Gasteiger partial charge in [-0.3, -0.25) is 4.79 Å². The van der Waals surface area contributed by atoms with E-state index in [4.69, 9.17) is 4.74 Å². The highest BCUT2D eigenvalue weighted by Gasteiger charge is 2.31. The van der Waals surface area contributed by atoms with E-state index < -0.39 is 0 Å². The molecule has 1 fully saturated rings. The fraction of sp³-hybridized carbons (Fsp3) is 0.875. The van der Waals surface area contributed by atoms with Crippen molar-refractivity contribution >= 4 is 5.97 Å². The van der Waals surface area contributed by atoms with E-state index >= 15 is 0 Å². The summed E-state index contributed by atoms with van der Waals surface area (Å²) in [5, 5.41) is 0. The van der Waals surface area contributed by atoms with Gasteiger partial charge in [0.2, 0.25) is 0 Å². The zero-order valence-corrected chi connectivity index (χ0v) is 7.33. The van der Waals surface area contributed by atoms with Gasteiger partial charge in [0.1, 0.15) is 0 Å². The van der Waals surface area contributed by atoms with E-state index in [1.165, 1.54) is 0 Å². The molecule has 64 valence electrons. The van der Waals surface area contributed by atoms with Gasteiger partial charge in [-0.2, -0.15) is 0 Å². The maximum absolute atomic E-state index is 11.1. The smallest absolute Gasteiger partial charge is 0.310 e. The summed E-state index contributed by atoms with van der Waals surface area (Å²) in [6.07, 6.45) is 0.990. The van der Waals surface area contributed by atoms with Gasteiger partial charge in [-0.15, -0.1) is 0 Å². The van der Waals surface area contributed by atoms with Gasteiger partial charge < -0.3 is 9.64 Å². The van der Waals surface area contributed by atoms with E-state index in [2.05, 4.69) is 0 Å². The Kier molecular flexibility index (Phi) is 2.49. The molecule has 1 aliphatic rings. The van der Waals surface area contributed by atoms with Crippen molar-refractivity contribution in [2.75, 3.05) is 20.6 Å². The lowest BCUT2D eigenvalue weighted by Gasteiger charge is -2.11. The Morgan fingerprint density at radius 3 is 2.64 bits per heavy atom. The number of esters is 1. The second kappa shape index (κ2) is 3.22. The van der Waals surface area contributed by atoms with Crippen molar-refractivity contribution in [2.24, 2.45) is 5.92 Å². The summed E-state index contributed by atoms with van der Waals surface area (Å²) < 4.78 is 5.01. The summed E-state index contributed by atoms with van der Waals surface area (Å²) in [5.74, 6) is 0.0613. The zero-order chi connectivity index (χ0) is 8.43. The van der Waals surface area contributed by atoms with Gasteiger partial charge in [-0.25, -0.2) is 0 Å². The average molecular weight is 157 g/mol. The number of hydrogen-bond acceptors (Lipinski definition) is 3. The second-order valence-corrected chi connectivity index (χ2v) is 3.44. The van der Waals surface area contributed by atoms with Gasteiger partial charge in [0.05, 0.1) is 12.0 Å². The van der Waals surface area contributed by atoms with Crippen LogP contribution in [-0.4, -0.2) is 37.6 Å². The maximum Gasteiger partial charge on any atom is 0.310 e. The fourth-order valence-electron chi connectivity index (χ4n) is 1.43. The summed E-state index contributed by atoms with van der Waals surface area (Å²) in [4.78, 5) is 13.1. The lowest BCUT2D eigenvalue weighted by molar-refractivity contribution is -0.144. The van der Waals surface area contributed by atoms with E-state index in [1.54, 1.807) is 0 Å². The molecule has 0 aromatic carbocycles. The first-order valence-corrected chi connectivity index (χ1v) is 3.95. The average Bonchev–Trinajstić information content (AvgIpc) is 2.09. The van der Waals surface area contributed by atoms with E-state index in [0.29, 0.717) is 0 Å². The van der Waals surface area contributed by atoms with Gasteiger partial charge in [0.25, 0.3) is 0 Å². The summed E-state index contributed by atoms with van der Waals surface area (Å²) in [5.41, 5.74) is 0. The normalized spacial score (nSPS) is 31.1. The third-order valence-corrected chi connectivity index (χ3v) is 1.85. The Balaban J connectivity index is 2.41. The number of ether oxygens (including phenoxy) is 1. The van der Waals surface area contributed by atoms with Crippen molar-refractivity contribution in [3.8, 4) is 0 Å². The van der Waals surface area contributed by atoms with Crippen molar-refractivity contribution in [3.63, 3.8) is 0 Å². The van der Waals surface area contributed by atoms with Crippen molar-refractivity contribution in [1.29, 1.82) is 0 Å². The Bertz CT molecular complexity index is 156. The molecule has 1 rings (SSSR count). The molecule has 1 aliphatic heterocycles. The molecule has 0 aromatic rings. The molecule has 0 amide bonds.